The molecule has 224 valence electrons. The number of rotatable bonds is 6. The van der Waals surface area contributed by atoms with Crippen molar-refractivity contribution in [3.8, 4) is 22.3 Å². The van der Waals surface area contributed by atoms with E-state index in [1.54, 1.807) is 0 Å². The van der Waals surface area contributed by atoms with E-state index in [-0.39, 0.29) is 11.5 Å². The summed E-state index contributed by atoms with van der Waals surface area (Å²) in [6.07, 6.45) is 11.5. The fourth-order valence-electron chi connectivity index (χ4n) is 7.54. The molecule has 2 aliphatic carbocycles. The third-order valence-corrected chi connectivity index (χ3v) is 9.98. The van der Waals surface area contributed by atoms with Crippen LogP contribution in [0, 0.1) is 6.92 Å². The van der Waals surface area contributed by atoms with Crippen LogP contribution in [0.4, 0.5) is 11.4 Å². The number of allylic oxidation sites excluding steroid dienone is 2. The van der Waals surface area contributed by atoms with Crippen molar-refractivity contribution in [2.45, 2.75) is 38.6 Å². The molecule has 8 rings (SSSR count). The number of hydrogen-bond acceptors (Lipinski definition) is 2. The van der Waals surface area contributed by atoms with E-state index in [1.807, 2.05) is 18.2 Å². The van der Waals surface area contributed by atoms with E-state index in [1.165, 1.54) is 55.4 Å². The molecule has 0 N–H and O–H groups in total. The van der Waals surface area contributed by atoms with Gasteiger partial charge in [-0.05, 0) is 100 Å². The Labute approximate surface area is 271 Å². The zero-order valence-corrected chi connectivity index (χ0v) is 26.6. The van der Waals surface area contributed by atoms with Crippen molar-refractivity contribution < 1.29 is 4.42 Å². The van der Waals surface area contributed by atoms with Crippen LogP contribution in [0.2, 0.25) is 0 Å². The van der Waals surface area contributed by atoms with Gasteiger partial charge in [-0.3, -0.25) is 0 Å². The Balaban J connectivity index is 1.22. The molecule has 2 aliphatic rings. The van der Waals surface area contributed by atoms with Crippen LogP contribution in [0.25, 0.3) is 51.5 Å². The molecular formula is C44H37NO. The largest absolute Gasteiger partial charge is 0.456 e. The van der Waals surface area contributed by atoms with Gasteiger partial charge in [0.15, 0.2) is 0 Å². The molecule has 1 atom stereocenters. The molecule has 0 amide bonds. The van der Waals surface area contributed by atoms with E-state index >= 15 is 0 Å². The molecule has 5 aromatic carbocycles. The third-order valence-electron chi connectivity index (χ3n) is 9.98. The fraction of sp³-hybridized carbons (Fsp3) is 0.136. The molecule has 46 heavy (non-hydrogen) atoms. The van der Waals surface area contributed by atoms with Crippen molar-refractivity contribution >= 4 is 40.6 Å². The second kappa shape index (κ2) is 10.9. The van der Waals surface area contributed by atoms with Crippen molar-refractivity contribution in [3.05, 3.63) is 161 Å². The van der Waals surface area contributed by atoms with Gasteiger partial charge in [-0.1, -0.05) is 118 Å². The van der Waals surface area contributed by atoms with Crippen LogP contribution in [-0.2, 0) is 5.41 Å². The SMILES string of the molecule is C=C/C=C\c1cccc(N(c2ccc(-c3ccc4c(c3)C(C)(C)c3ccccc3-4)cc2)C2C=c3c(oc4ccccc34)=CC2)c1C. The number of hydrogen-bond donors (Lipinski definition) is 0. The van der Waals surface area contributed by atoms with Gasteiger partial charge in [-0.2, -0.15) is 0 Å². The first kappa shape index (κ1) is 28.2. The number of fused-ring (bicyclic) bond motifs is 6. The van der Waals surface area contributed by atoms with Gasteiger partial charge in [-0.15, -0.1) is 0 Å². The quantitative estimate of drug-likeness (QED) is 0.178. The highest BCUT2D eigenvalue weighted by molar-refractivity contribution is 5.85. The zero-order valence-electron chi connectivity index (χ0n) is 26.6. The maximum atomic E-state index is 6.22. The standard InChI is InChI=1S/C44H37NO/c1-5-6-12-30-13-11-17-41(29(30)2)45(34-24-26-43-38(28-34)37-15-8-10-18-42(37)46-43)33-22-19-31(20-23-33)32-21-25-36-35-14-7-9-16-39(35)44(3,4)40(36)27-32/h5-23,25-28,34H,1,24H2,2-4H3/b12-6-. The Kier molecular flexibility index (Phi) is 6.69. The van der Waals surface area contributed by atoms with Gasteiger partial charge in [-0.25, -0.2) is 0 Å². The summed E-state index contributed by atoms with van der Waals surface area (Å²) in [5.74, 6) is 0. The first-order chi connectivity index (χ1) is 22.4. The molecule has 0 aliphatic heterocycles. The molecule has 0 saturated carbocycles. The highest BCUT2D eigenvalue weighted by Gasteiger charge is 2.35. The molecule has 1 unspecified atom stereocenters. The summed E-state index contributed by atoms with van der Waals surface area (Å²) in [5, 5.41) is 2.34. The maximum absolute atomic E-state index is 6.22. The van der Waals surface area contributed by atoms with Crippen LogP contribution in [0.3, 0.4) is 0 Å². The van der Waals surface area contributed by atoms with E-state index in [2.05, 4.69) is 154 Å². The van der Waals surface area contributed by atoms with Crippen molar-refractivity contribution in [1.82, 2.24) is 0 Å². The highest BCUT2D eigenvalue weighted by Crippen LogP contribution is 2.49. The van der Waals surface area contributed by atoms with Crippen LogP contribution in [0.5, 0.6) is 0 Å². The van der Waals surface area contributed by atoms with Gasteiger partial charge < -0.3 is 9.32 Å². The lowest BCUT2D eigenvalue weighted by Crippen LogP contribution is -2.37. The predicted octanol–water partition coefficient (Wildman–Crippen LogP) is 10.1. The van der Waals surface area contributed by atoms with Gasteiger partial charge in [0.25, 0.3) is 0 Å². The molecule has 0 spiro atoms. The minimum Gasteiger partial charge on any atom is -0.456 e. The number of benzene rings is 5. The number of anilines is 2. The van der Waals surface area contributed by atoms with E-state index in [0.717, 1.165) is 28.5 Å². The van der Waals surface area contributed by atoms with Gasteiger partial charge in [0, 0.05) is 27.4 Å². The molecule has 0 fully saturated rings. The lowest BCUT2D eigenvalue weighted by molar-refractivity contribution is 0.569. The normalized spacial score (nSPS) is 15.9. The van der Waals surface area contributed by atoms with Gasteiger partial charge >= 0.3 is 0 Å². The molecule has 6 aromatic rings. The molecule has 0 radical (unpaired) electrons. The molecule has 2 nitrogen and oxygen atoms in total. The fourth-order valence-corrected chi connectivity index (χ4v) is 7.54. The molecule has 1 aromatic heterocycles. The summed E-state index contributed by atoms with van der Waals surface area (Å²) in [6.45, 7) is 10.8. The van der Waals surface area contributed by atoms with E-state index in [9.17, 15) is 0 Å². The van der Waals surface area contributed by atoms with Gasteiger partial charge in [0.2, 0.25) is 0 Å². The van der Waals surface area contributed by atoms with Crippen molar-refractivity contribution in [1.29, 1.82) is 0 Å². The summed E-state index contributed by atoms with van der Waals surface area (Å²) in [6, 6.07) is 40.0. The van der Waals surface area contributed by atoms with E-state index < -0.39 is 0 Å². The van der Waals surface area contributed by atoms with E-state index in [4.69, 9.17) is 4.42 Å². The Morgan fingerprint density at radius 1 is 0.804 bits per heavy atom. The molecule has 0 saturated heterocycles. The molecule has 0 bridgehead atoms. The van der Waals surface area contributed by atoms with Crippen LogP contribution >= 0.6 is 0 Å². The van der Waals surface area contributed by atoms with Crippen LogP contribution in [-0.4, -0.2) is 6.04 Å². The minimum atomic E-state index is -0.0231. The monoisotopic (exact) mass is 595 g/mol. The second-order valence-corrected chi connectivity index (χ2v) is 13.0. The number of para-hydroxylation sites is 1. The Morgan fingerprint density at radius 2 is 1.57 bits per heavy atom. The summed E-state index contributed by atoms with van der Waals surface area (Å²) in [4.78, 5) is 2.49. The number of nitrogens with zero attached hydrogens (tertiary/aromatic N) is 1. The summed E-state index contributed by atoms with van der Waals surface area (Å²) >= 11 is 0. The smallest absolute Gasteiger partial charge is 0.135 e. The maximum Gasteiger partial charge on any atom is 0.135 e. The first-order valence-electron chi connectivity index (χ1n) is 16.2. The van der Waals surface area contributed by atoms with Crippen molar-refractivity contribution in [3.63, 3.8) is 0 Å². The molecule has 1 heterocycles. The molecular weight excluding hydrogens is 558 g/mol. The lowest BCUT2D eigenvalue weighted by Gasteiger charge is -2.34. The summed E-state index contributed by atoms with van der Waals surface area (Å²) in [7, 11) is 0. The third kappa shape index (κ3) is 4.48. The average Bonchev–Trinajstić information content (AvgIpc) is 3.57. The van der Waals surface area contributed by atoms with E-state index in [0.29, 0.717) is 0 Å². The van der Waals surface area contributed by atoms with Crippen molar-refractivity contribution in [2.75, 3.05) is 4.90 Å². The lowest BCUT2D eigenvalue weighted by atomic mass is 9.81. The van der Waals surface area contributed by atoms with Crippen LogP contribution in [0.1, 0.15) is 42.5 Å². The average molecular weight is 596 g/mol. The van der Waals surface area contributed by atoms with Gasteiger partial charge in [0.05, 0.1) is 6.04 Å². The Bertz CT molecular complexity index is 2300. The first-order valence-corrected chi connectivity index (χ1v) is 16.2. The summed E-state index contributed by atoms with van der Waals surface area (Å²) in [5.41, 5.74) is 14.6. The minimum absolute atomic E-state index is 0.0231. The summed E-state index contributed by atoms with van der Waals surface area (Å²) < 4.78 is 6.22. The topological polar surface area (TPSA) is 16.4 Å². The Hall–Kier alpha value is -5.34. The Morgan fingerprint density at radius 3 is 2.41 bits per heavy atom. The zero-order chi connectivity index (χ0) is 31.4. The van der Waals surface area contributed by atoms with Crippen LogP contribution in [0.15, 0.2) is 132 Å². The van der Waals surface area contributed by atoms with Crippen molar-refractivity contribution in [2.24, 2.45) is 0 Å². The predicted molar refractivity (Wildman–Crippen MR) is 195 cm³/mol. The van der Waals surface area contributed by atoms with Crippen LogP contribution < -0.4 is 15.5 Å². The highest BCUT2D eigenvalue weighted by atomic mass is 16.3. The second-order valence-electron chi connectivity index (χ2n) is 13.0. The van der Waals surface area contributed by atoms with Gasteiger partial charge in [0.1, 0.15) is 11.0 Å². The molecule has 2 heteroatoms. The number of furan rings is 1.